The number of carbonyl (C=O) groups is 2. The van der Waals surface area contributed by atoms with Gasteiger partial charge in [-0.15, -0.1) is 0 Å². The zero-order chi connectivity index (χ0) is 23.2. The highest BCUT2D eigenvalue weighted by Crippen LogP contribution is 2.22. The first-order chi connectivity index (χ1) is 16.0. The Kier molecular flexibility index (Phi) is 6.79. The average molecular weight is 451 g/mol. The largest absolute Gasteiger partial charge is 0.395 e. The van der Waals surface area contributed by atoms with Gasteiger partial charge in [-0.1, -0.05) is 0 Å². The van der Waals surface area contributed by atoms with E-state index in [-0.39, 0.29) is 19.1 Å². The van der Waals surface area contributed by atoms with Gasteiger partial charge in [0.2, 0.25) is 11.9 Å². The highest BCUT2D eigenvalue weighted by atomic mass is 16.3. The SMILES string of the molecule is CC(=O)N1CCN(c2ccc(Nc3ncc4ccc(NC(=O)NCCO)nc4n3)cc2)CC1. The highest BCUT2D eigenvalue weighted by molar-refractivity contribution is 5.89. The van der Waals surface area contributed by atoms with Crippen LogP contribution in [0.1, 0.15) is 6.92 Å². The molecule has 3 amide bonds. The lowest BCUT2D eigenvalue weighted by Crippen LogP contribution is -2.48. The standard InChI is InChI=1S/C22H26N8O3/c1-15(32)29-9-11-30(12-10-29)18-5-3-17(4-6-18)25-21-24-14-16-2-7-19(26-20(16)28-21)27-22(33)23-8-13-31/h2-7,14,31H,8-13H2,1H3,(H3,23,24,25,26,27,28,33). The number of amides is 3. The number of anilines is 4. The van der Waals surface area contributed by atoms with Crippen LogP contribution in [-0.2, 0) is 4.79 Å². The summed E-state index contributed by atoms with van der Waals surface area (Å²) in [6.45, 7) is 4.69. The molecule has 0 spiro atoms. The molecule has 1 aliphatic rings. The van der Waals surface area contributed by atoms with Gasteiger partial charge in [-0.25, -0.2) is 14.8 Å². The Morgan fingerprint density at radius 1 is 1.03 bits per heavy atom. The Bertz CT molecular complexity index is 1130. The van der Waals surface area contributed by atoms with Gasteiger partial charge >= 0.3 is 6.03 Å². The molecule has 1 saturated heterocycles. The van der Waals surface area contributed by atoms with Crippen molar-refractivity contribution in [2.45, 2.75) is 6.92 Å². The van der Waals surface area contributed by atoms with Crippen LogP contribution in [0.3, 0.4) is 0 Å². The molecule has 11 nitrogen and oxygen atoms in total. The van der Waals surface area contributed by atoms with Crippen molar-refractivity contribution < 1.29 is 14.7 Å². The quantitative estimate of drug-likeness (QED) is 0.444. The van der Waals surface area contributed by atoms with E-state index in [0.717, 1.165) is 42.9 Å². The number of fused-ring (bicyclic) bond motifs is 1. The summed E-state index contributed by atoms with van der Waals surface area (Å²) in [5.74, 6) is 0.850. The number of hydrogen-bond donors (Lipinski definition) is 4. The second-order valence-corrected chi connectivity index (χ2v) is 7.57. The number of benzene rings is 1. The Balaban J connectivity index is 1.41. The zero-order valence-corrected chi connectivity index (χ0v) is 18.3. The molecule has 0 atom stereocenters. The Morgan fingerprint density at radius 2 is 1.79 bits per heavy atom. The summed E-state index contributed by atoms with van der Waals surface area (Å²) in [4.78, 5) is 40.5. The number of aliphatic hydroxyl groups excluding tert-OH is 1. The Labute approximate surface area is 190 Å². The maximum absolute atomic E-state index is 11.8. The van der Waals surface area contributed by atoms with Gasteiger partial charge in [-0.3, -0.25) is 10.1 Å². The lowest BCUT2D eigenvalue weighted by atomic mass is 10.2. The third kappa shape index (κ3) is 5.63. The van der Waals surface area contributed by atoms with Crippen LogP contribution < -0.4 is 20.9 Å². The molecular weight excluding hydrogens is 424 g/mol. The predicted octanol–water partition coefficient (Wildman–Crippen LogP) is 1.55. The fraction of sp³-hybridized carbons (Fsp3) is 0.318. The van der Waals surface area contributed by atoms with Gasteiger partial charge in [-0.05, 0) is 36.4 Å². The molecule has 1 aliphatic heterocycles. The van der Waals surface area contributed by atoms with E-state index in [2.05, 4.69) is 35.8 Å². The highest BCUT2D eigenvalue weighted by Gasteiger charge is 2.18. The smallest absolute Gasteiger partial charge is 0.320 e. The number of aliphatic hydroxyl groups is 1. The van der Waals surface area contributed by atoms with E-state index < -0.39 is 6.03 Å². The normalized spacial score (nSPS) is 13.6. The summed E-state index contributed by atoms with van der Waals surface area (Å²) in [6, 6.07) is 10.9. The number of aromatic nitrogens is 3. The Hall–Kier alpha value is -3.99. The van der Waals surface area contributed by atoms with E-state index in [1.165, 1.54) is 0 Å². The van der Waals surface area contributed by atoms with Crippen LogP contribution in [0.4, 0.5) is 27.9 Å². The summed E-state index contributed by atoms with van der Waals surface area (Å²) in [5.41, 5.74) is 2.37. The average Bonchev–Trinajstić information content (AvgIpc) is 2.83. The maximum Gasteiger partial charge on any atom is 0.320 e. The third-order valence-electron chi connectivity index (χ3n) is 5.30. The fourth-order valence-corrected chi connectivity index (χ4v) is 3.53. The lowest BCUT2D eigenvalue weighted by molar-refractivity contribution is -0.129. The second kappa shape index (κ2) is 10.1. The first-order valence-corrected chi connectivity index (χ1v) is 10.7. The molecule has 0 radical (unpaired) electrons. The predicted molar refractivity (Wildman–Crippen MR) is 126 cm³/mol. The molecule has 0 bridgehead atoms. The van der Waals surface area contributed by atoms with Crippen molar-refractivity contribution in [2.24, 2.45) is 0 Å². The van der Waals surface area contributed by atoms with E-state index in [4.69, 9.17) is 5.11 Å². The minimum absolute atomic E-state index is 0.118. The first-order valence-electron chi connectivity index (χ1n) is 10.7. The molecule has 172 valence electrons. The third-order valence-corrected chi connectivity index (χ3v) is 5.30. The first kappa shape index (κ1) is 22.2. The molecule has 0 saturated carbocycles. The number of rotatable bonds is 6. The molecule has 11 heteroatoms. The molecule has 0 unspecified atom stereocenters. The van der Waals surface area contributed by atoms with Crippen LogP contribution >= 0.6 is 0 Å². The van der Waals surface area contributed by atoms with Crippen LogP contribution in [-0.4, -0.2) is 76.2 Å². The van der Waals surface area contributed by atoms with E-state index in [1.807, 2.05) is 29.2 Å². The number of urea groups is 1. The molecule has 1 fully saturated rings. The van der Waals surface area contributed by atoms with Crippen LogP contribution in [0.5, 0.6) is 0 Å². The van der Waals surface area contributed by atoms with Crippen LogP contribution in [0.15, 0.2) is 42.6 Å². The number of piperazine rings is 1. The molecule has 2 aromatic heterocycles. The van der Waals surface area contributed by atoms with Crippen molar-refractivity contribution in [3.8, 4) is 0 Å². The molecule has 0 aliphatic carbocycles. The van der Waals surface area contributed by atoms with E-state index in [1.54, 1.807) is 25.3 Å². The summed E-state index contributed by atoms with van der Waals surface area (Å²) >= 11 is 0. The molecule has 3 heterocycles. The molecule has 4 rings (SSSR count). The van der Waals surface area contributed by atoms with Crippen molar-refractivity contribution in [1.82, 2.24) is 25.2 Å². The monoisotopic (exact) mass is 450 g/mol. The van der Waals surface area contributed by atoms with E-state index >= 15 is 0 Å². The number of pyridine rings is 1. The van der Waals surface area contributed by atoms with Gasteiger partial charge in [-0.2, -0.15) is 4.98 Å². The Morgan fingerprint density at radius 3 is 2.48 bits per heavy atom. The van der Waals surface area contributed by atoms with Gasteiger partial charge in [0.1, 0.15) is 5.82 Å². The van der Waals surface area contributed by atoms with E-state index in [0.29, 0.717) is 17.4 Å². The second-order valence-electron chi connectivity index (χ2n) is 7.57. The minimum Gasteiger partial charge on any atom is -0.395 e. The molecule has 3 aromatic rings. The van der Waals surface area contributed by atoms with Crippen molar-refractivity contribution in [2.75, 3.05) is 54.9 Å². The summed E-state index contributed by atoms with van der Waals surface area (Å²) in [6.07, 6.45) is 1.66. The number of nitrogens with zero attached hydrogens (tertiary/aromatic N) is 5. The van der Waals surface area contributed by atoms with Gasteiger partial charge in [0.25, 0.3) is 0 Å². The van der Waals surface area contributed by atoms with E-state index in [9.17, 15) is 9.59 Å². The summed E-state index contributed by atoms with van der Waals surface area (Å²) in [5, 5.41) is 17.8. The van der Waals surface area contributed by atoms with Gasteiger partial charge in [0.15, 0.2) is 5.65 Å². The summed E-state index contributed by atoms with van der Waals surface area (Å²) < 4.78 is 0. The van der Waals surface area contributed by atoms with Crippen molar-refractivity contribution in [3.63, 3.8) is 0 Å². The number of nitrogens with one attached hydrogen (secondary N) is 3. The van der Waals surface area contributed by atoms with Gasteiger partial charge in [0.05, 0.1) is 6.61 Å². The van der Waals surface area contributed by atoms with Crippen molar-refractivity contribution >= 4 is 46.1 Å². The molecular formula is C22H26N8O3. The van der Waals surface area contributed by atoms with Crippen LogP contribution in [0.25, 0.3) is 11.0 Å². The number of carbonyl (C=O) groups excluding carboxylic acids is 2. The minimum atomic E-state index is -0.453. The number of hydrogen-bond acceptors (Lipinski definition) is 8. The van der Waals surface area contributed by atoms with Crippen molar-refractivity contribution in [3.05, 3.63) is 42.6 Å². The zero-order valence-electron chi connectivity index (χ0n) is 18.3. The van der Waals surface area contributed by atoms with Gasteiger partial charge in [0, 0.05) is 62.6 Å². The topological polar surface area (TPSA) is 136 Å². The maximum atomic E-state index is 11.8. The molecule has 1 aromatic carbocycles. The fourth-order valence-electron chi connectivity index (χ4n) is 3.53. The van der Waals surface area contributed by atoms with Crippen LogP contribution in [0.2, 0.25) is 0 Å². The van der Waals surface area contributed by atoms with Crippen LogP contribution in [0, 0.1) is 0 Å². The van der Waals surface area contributed by atoms with Gasteiger partial charge < -0.3 is 25.5 Å². The summed E-state index contributed by atoms with van der Waals surface area (Å²) in [7, 11) is 0. The molecule has 33 heavy (non-hydrogen) atoms. The molecule has 4 N–H and O–H groups in total. The van der Waals surface area contributed by atoms with Crippen molar-refractivity contribution in [1.29, 1.82) is 0 Å². The lowest BCUT2D eigenvalue weighted by Gasteiger charge is -2.35.